The van der Waals surface area contributed by atoms with Crippen molar-refractivity contribution < 1.29 is 31.8 Å². The van der Waals surface area contributed by atoms with Gasteiger partial charge in [-0.2, -0.15) is 9.78 Å². The van der Waals surface area contributed by atoms with Gasteiger partial charge < -0.3 is 20.1 Å². The summed E-state index contributed by atoms with van der Waals surface area (Å²) in [6.07, 6.45) is -4.82. The van der Waals surface area contributed by atoms with E-state index >= 15 is 0 Å². The number of amides is 2. The van der Waals surface area contributed by atoms with Crippen LogP contribution in [0, 0.1) is 16.3 Å². The van der Waals surface area contributed by atoms with Crippen LogP contribution in [0.4, 0.5) is 33.7 Å². The Labute approximate surface area is 226 Å². The van der Waals surface area contributed by atoms with Gasteiger partial charge in [0.05, 0.1) is 25.7 Å². The lowest BCUT2D eigenvalue weighted by Gasteiger charge is -2.15. The van der Waals surface area contributed by atoms with Crippen molar-refractivity contribution in [1.82, 2.24) is 9.78 Å². The number of urea groups is 1. The quantitative estimate of drug-likeness (QED) is 0.165. The topological polar surface area (TPSA) is 77.4 Å². The van der Waals surface area contributed by atoms with Crippen molar-refractivity contribution in [3.63, 3.8) is 0 Å². The molecule has 0 saturated heterocycles. The van der Waals surface area contributed by atoms with Gasteiger partial charge in [0.1, 0.15) is 11.6 Å². The number of ether oxygens (including phenoxy) is 2. The number of halogens is 6. The van der Waals surface area contributed by atoms with E-state index in [0.717, 1.165) is 18.2 Å². The second-order valence-corrected chi connectivity index (χ2v) is 8.95. The van der Waals surface area contributed by atoms with Crippen LogP contribution in [0.3, 0.4) is 0 Å². The molecule has 0 saturated carbocycles. The molecule has 37 heavy (non-hydrogen) atoms. The number of benzene rings is 3. The Balaban J connectivity index is 1.54. The number of carbonyl (C=O) groups is 1. The molecule has 3 aromatic carbocycles. The number of para-hydroxylation sites is 2. The van der Waals surface area contributed by atoms with E-state index in [1.165, 1.54) is 28.9 Å². The molecule has 0 aliphatic heterocycles. The van der Waals surface area contributed by atoms with Crippen LogP contribution in [-0.2, 0) is 0 Å². The number of nitrogens with one attached hydrogen (secondary N) is 2. The summed E-state index contributed by atoms with van der Waals surface area (Å²) < 4.78 is 62.6. The smallest absolute Gasteiger partial charge is 0.436 e. The van der Waals surface area contributed by atoms with Crippen LogP contribution in [-0.4, -0.2) is 22.2 Å². The van der Waals surface area contributed by atoms with Crippen molar-refractivity contribution in [3.8, 4) is 23.1 Å². The van der Waals surface area contributed by atoms with Crippen molar-refractivity contribution >= 4 is 51.6 Å². The van der Waals surface area contributed by atoms with E-state index in [-0.39, 0.29) is 16.5 Å². The lowest BCUT2D eigenvalue weighted by molar-refractivity contribution is -0.274. The number of hydrogen-bond donors (Lipinski definition) is 2. The molecule has 0 bridgehead atoms. The molecule has 0 spiro atoms. The van der Waals surface area contributed by atoms with Crippen molar-refractivity contribution in [2.45, 2.75) is 13.3 Å². The molecular weight excluding hydrogens is 631 g/mol. The van der Waals surface area contributed by atoms with Crippen molar-refractivity contribution in [3.05, 3.63) is 86.8 Å². The van der Waals surface area contributed by atoms with E-state index < -0.39 is 24.0 Å². The first kappa shape index (κ1) is 26.5. The molecule has 4 rings (SSSR count). The second kappa shape index (κ2) is 10.8. The van der Waals surface area contributed by atoms with Gasteiger partial charge in [-0.25, -0.2) is 9.18 Å². The Kier molecular flexibility index (Phi) is 7.78. The molecule has 1 aromatic heterocycles. The Morgan fingerprint density at radius 1 is 1.05 bits per heavy atom. The third-order valence-electron chi connectivity index (χ3n) is 4.77. The van der Waals surface area contributed by atoms with Gasteiger partial charge in [-0.15, -0.1) is 13.2 Å². The van der Waals surface area contributed by atoms with Gasteiger partial charge in [-0.3, -0.25) is 0 Å². The highest BCUT2D eigenvalue weighted by molar-refractivity contribution is 14.1. The predicted octanol–water partition coefficient (Wildman–Crippen LogP) is 7.91. The largest absolute Gasteiger partial charge is 0.573 e. The van der Waals surface area contributed by atoms with E-state index in [4.69, 9.17) is 16.3 Å². The zero-order valence-corrected chi connectivity index (χ0v) is 21.7. The van der Waals surface area contributed by atoms with Gasteiger partial charge >= 0.3 is 12.4 Å². The normalized spacial score (nSPS) is 11.2. The summed E-state index contributed by atoms with van der Waals surface area (Å²) in [6.45, 7) is 1.77. The van der Waals surface area contributed by atoms with Crippen LogP contribution in [0.2, 0.25) is 5.02 Å². The van der Waals surface area contributed by atoms with Gasteiger partial charge in [0.15, 0.2) is 5.75 Å². The Bertz CT molecular complexity index is 1450. The van der Waals surface area contributed by atoms with Crippen LogP contribution in [0.15, 0.2) is 66.7 Å². The van der Waals surface area contributed by atoms with Crippen LogP contribution in [0.25, 0.3) is 5.69 Å². The van der Waals surface area contributed by atoms with Crippen LogP contribution in [0.5, 0.6) is 17.4 Å². The number of alkyl halides is 3. The Hall–Kier alpha value is -3.52. The summed E-state index contributed by atoms with van der Waals surface area (Å²) in [5.41, 5.74) is 1.56. The third kappa shape index (κ3) is 6.63. The molecule has 4 aromatic rings. The number of nitrogens with zero attached hydrogens (tertiary/aromatic N) is 2. The minimum atomic E-state index is -4.82. The molecule has 192 valence electrons. The minimum Gasteiger partial charge on any atom is -0.436 e. The molecule has 0 aliphatic carbocycles. The molecular formula is C24H16ClF4IN4O3. The molecule has 2 amide bonds. The maximum atomic E-state index is 13.6. The maximum Gasteiger partial charge on any atom is 0.573 e. The summed E-state index contributed by atoms with van der Waals surface area (Å²) in [5, 5.41) is 9.73. The predicted molar refractivity (Wildman–Crippen MR) is 138 cm³/mol. The first-order valence-electron chi connectivity index (χ1n) is 10.4. The van der Waals surface area contributed by atoms with Crippen molar-refractivity contribution in [2.24, 2.45) is 0 Å². The fraction of sp³-hybridized carbons (Fsp3) is 0.0833. The van der Waals surface area contributed by atoms with E-state index in [1.807, 2.05) is 0 Å². The highest BCUT2D eigenvalue weighted by Crippen LogP contribution is 2.36. The summed E-state index contributed by atoms with van der Waals surface area (Å²) in [6, 6.07) is 14.5. The highest BCUT2D eigenvalue weighted by Gasteiger charge is 2.31. The molecule has 2 N–H and O–H groups in total. The third-order valence-corrected chi connectivity index (χ3v) is 6.32. The number of anilines is 2. The lowest BCUT2D eigenvalue weighted by Crippen LogP contribution is -2.20. The van der Waals surface area contributed by atoms with Gasteiger partial charge in [0, 0.05) is 5.69 Å². The van der Waals surface area contributed by atoms with Crippen molar-refractivity contribution in [1.29, 1.82) is 0 Å². The van der Waals surface area contributed by atoms with Gasteiger partial charge in [-0.05, 0) is 84.1 Å². The van der Waals surface area contributed by atoms with Crippen LogP contribution < -0.4 is 20.1 Å². The molecule has 13 heteroatoms. The van der Waals surface area contributed by atoms with Crippen molar-refractivity contribution in [2.75, 3.05) is 10.6 Å². The lowest BCUT2D eigenvalue weighted by atomic mass is 10.3. The van der Waals surface area contributed by atoms with E-state index in [9.17, 15) is 22.4 Å². The average molecular weight is 647 g/mol. The zero-order chi connectivity index (χ0) is 26.7. The zero-order valence-electron chi connectivity index (χ0n) is 18.7. The Morgan fingerprint density at radius 2 is 1.76 bits per heavy atom. The first-order valence-corrected chi connectivity index (χ1v) is 11.9. The molecule has 0 radical (unpaired) electrons. The fourth-order valence-corrected chi connectivity index (χ4v) is 3.87. The number of aromatic nitrogens is 2. The molecule has 7 nitrogen and oxygen atoms in total. The number of carbonyl (C=O) groups excluding carboxylic acids is 1. The second-order valence-electron chi connectivity index (χ2n) is 7.46. The minimum absolute atomic E-state index is 0.126. The van der Waals surface area contributed by atoms with Gasteiger partial charge in [-0.1, -0.05) is 23.7 Å². The van der Waals surface area contributed by atoms with E-state index in [1.54, 1.807) is 31.2 Å². The molecule has 0 atom stereocenters. The first-order chi connectivity index (χ1) is 17.5. The summed E-state index contributed by atoms with van der Waals surface area (Å²) >= 11 is 8.29. The summed E-state index contributed by atoms with van der Waals surface area (Å²) in [7, 11) is 0. The average Bonchev–Trinajstić information content (AvgIpc) is 3.09. The van der Waals surface area contributed by atoms with Gasteiger partial charge in [0.25, 0.3) is 0 Å². The molecule has 0 aliphatic rings. The van der Waals surface area contributed by atoms with E-state index in [2.05, 4.69) is 43.1 Å². The molecule has 0 unspecified atom stereocenters. The van der Waals surface area contributed by atoms with Crippen LogP contribution in [0.1, 0.15) is 5.69 Å². The summed E-state index contributed by atoms with van der Waals surface area (Å²) in [4.78, 5) is 12.6. The van der Waals surface area contributed by atoms with E-state index in [0.29, 0.717) is 26.5 Å². The fourth-order valence-electron chi connectivity index (χ4n) is 3.18. The van der Waals surface area contributed by atoms with Gasteiger partial charge in [0.2, 0.25) is 5.88 Å². The monoisotopic (exact) mass is 646 g/mol. The SMILES string of the molecule is Cc1nn(-c2ccc(F)cc2Cl)c(Oc2ccccc2NC(=O)Nc2ccc(OC(F)(F)F)cc2)c1I. The highest BCUT2D eigenvalue weighted by atomic mass is 127. The summed E-state index contributed by atoms with van der Waals surface area (Å²) in [5.74, 6) is -0.358. The molecule has 0 fully saturated rings. The number of aryl methyl sites for hydroxylation is 1. The standard InChI is InChI=1S/C24H16ClF4IN4O3/c1-13-21(30)22(34(33-13)19-11-6-14(26)12-17(19)25)36-20-5-3-2-4-18(20)32-23(35)31-15-7-9-16(10-8-15)37-24(27,28)29/h2-12H,1H3,(H2,31,32,35). The van der Waals surface area contributed by atoms with Crippen LogP contribution >= 0.6 is 34.2 Å². The number of hydrogen-bond acceptors (Lipinski definition) is 4. The maximum absolute atomic E-state index is 13.6. The Morgan fingerprint density at radius 3 is 2.43 bits per heavy atom. The number of rotatable bonds is 6. The molecule has 1 heterocycles.